The van der Waals surface area contributed by atoms with Crippen LogP contribution in [0.2, 0.25) is 0 Å². The third-order valence-electron chi connectivity index (χ3n) is 3.77. The highest BCUT2D eigenvalue weighted by molar-refractivity contribution is 5.95. The first-order chi connectivity index (χ1) is 11.3. The van der Waals surface area contributed by atoms with Gasteiger partial charge in [0.1, 0.15) is 5.75 Å². The second-order valence-electron chi connectivity index (χ2n) is 5.32. The molecule has 0 N–H and O–H groups in total. The van der Waals surface area contributed by atoms with E-state index in [4.69, 9.17) is 4.74 Å². The molecule has 3 rings (SSSR count). The van der Waals surface area contributed by atoms with Crippen LogP contribution in [0.5, 0.6) is 5.75 Å². The highest BCUT2D eigenvalue weighted by atomic mass is 16.5. The molecule has 0 aliphatic carbocycles. The summed E-state index contributed by atoms with van der Waals surface area (Å²) in [5.74, 6) is 0.192. The number of hydrogen-bond acceptors (Lipinski definition) is 2. The van der Waals surface area contributed by atoms with E-state index < -0.39 is 0 Å². The second kappa shape index (κ2) is 6.93. The molecule has 0 unspecified atom stereocenters. The Labute approximate surface area is 136 Å². The smallest absolute Gasteiger partial charge is 0.336 e. The maximum absolute atomic E-state index is 12.0. The van der Waals surface area contributed by atoms with E-state index in [2.05, 4.69) is 19.1 Å². The van der Waals surface area contributed by atoms with Crippen molar-refractivity contribution in [3.8, 4) is 5.75 Å². The lowest BCUT2D eigenvalue weighted by molar-refractivity contribution is -0.128. The molecule has 2 nitrogen and oxygen atoms in total. The normalized spacial score (nSPS) is 11.0. The predicted octanol–water partition coefficient (Wildman–Crippen LogP) is 5.02. The molecule has 0 aromatic heterocycles. The predicted molar refractivity (Wildman–Crippen MR) is 94.4 cm³/mol. The maximum Gasteiger partial charge on any atom is 0.336 e. The van der Waals surface area contributed by atoms with Gasteiger partial charge >= 0.3 is 5.97 Å². The van der Waals surface area contributed by atoms with Gasteiger partial charge in [-0.05, 0) is 46.5 Å². The SMILES string of the molecule is CCc1ccc(OC(=O)/C=C/c2cccc3ccccc23)cc1. The molecular formula is C21H18O2. The van der Waals surface area contributed by atoms with Crippen molar-refractivity contribution in [2.24, 2.45) is 0 Å². The molecule has 23 heavy (non-hydrogen) atoms. The number of esters is 1. The van der Waals surface area contributed by atoms with Gasteiger partial charge in [0.15, 0.2) is 0 Å². The van der Waals surface area contributed by atoms with E-state index in [1.165, 1.54) is 11.6 Å². The van der Waals surface area contributed by atoms with Crippen LogP contribution in [0.1, 0.15) is 18.1 Å². The summed E-state index contributed by atoms with van der Waals surface area (Å²) < 4.78 is 5.32. The van der Waals surface area contributed by atoms with Crippen molar-refractivity contribution in [2.45, 2.75) is 13.3 Å². The zero-order valence-electron chi connectivity index (χ0n) is 13.0. The topological polar surface area (TPSA) is 26.3 Å². The number of ether oxygens (including phenoxy) is 1. The molecule has 0 aliphatic rings. The van der Waals surface area contributed by atoms with Crippen molar-refractivity contribution in [3.05, 3.63) is 83.9 Å². The minimum atomic E-state index is -0.373. The van der Waals surface area contributed by atoms with E-state index in [1.54, 1.807) is 6.08 Å². The van der Waals surface area contributed by atoms with Gasteiger partial charge in [-0.2, -0.15) is 0 Å². The van der Waals surface area contributed by atoms with Gasteiger partial charge in [-0.3, -0.25) is 0 Å². The Bertz CT molecular complexity index is 840. The lowest BCUT2D eigenvalue weighted by Gasteiger charge is -2.03. The molecule has 0 atom stereocenters. The minimum absolute atomic E-state index is 0.373. The van der Waals surface area contributed by atoms with Gasteiger partial charge < -0.3 is 4.74 Å². The zero-order valence-corrected chi connectivity index (χ0v) is 13.0. The monoisotopic (exact) mass is 302 g/mol. The Kier molecular flexibility index (Phi) is 4.53. The Morgan fingerprint density at radius 3 is 2.48 bits per heavy atom. The lowest BCUT2D eigenvalue weighted by Crippen LogP contribution is -2.03. The first-order valence-corrected chi connectivity index (χ1v) is 7.73. The number of aryl methyl sites for hydroxylation is 1. The van der Waals surface area contributed by atoms with Crippen molar-refractivity contribution < 1.29 is 9.53 Å². The van der Waals surface area contributed by atoms with Crippen molar-refractivity contribution in [2.75, 3.05) is 0 Å². The number of rotatable bonds is 4. The third-order valence-corrected chi connectivity index (χ3v) is 3.77. The van der Waals surface area contributed by atoms with Crippen LogP contribution in [0.25, 0.3) is 16.8 Å². The van der Waals surface area contributed by atoms with Crippen molar-refractivity contribution >= 4 is 22.8 Å². The average molecular weight is 302 g/mol. The van der Waals surface area contributed by atoms with Gasteiger partial charge in [0, 0.05) is 6.08 Å². The molecule has 0 saturated heterocycles. The van der Waals surface area contributed by atoms with Gasteiger partial charge in [-0.25, -0.2) is 4.79 Å². The fourth-order valence-corrected chi connectivity index (χ4v) is 2.50. The molecule has 0 radical (unpaired) electrons. The third kappa shape index (κ3) is 3.67. The fourth-order valence-electron chi connectivity index (χ4n) is 2.50. The molecule has 0 saturated carbocycles. The summed E-state index contributed by atoms with van der Waals surface area (Å²) in [4.78, 5) is 12.0. The summed E-state index contributed by atoms with van der Waals surface area (Å²) in [5, 5.41) is 2.27. The van der Waals surface area contributed by atoms with Crippen LogP contribution in [0.4, 0.5) is 0 Å². The van der Waals surface area contributed by atoms with Crippen LogP contribution in [0.3, 0.4) is 0 Å². The molecule has 114 valence electrons. The second-order valence-corrected chi connectivity index (χ2v) is 5.32. The molecule has 3 aromatic rings. The first kappa shape index (κ1) is 15.0. The van der Waals surface area contributed by atoms with Crippen LogP contribution in [0.15, 0.2) is 72.8 Å². The van der Waals surface area contributed by atoms with E-state index in [9.17, 15) is 4.79 Å². The van der Waals surface area contributed by atoms with E-state index in [1.807, 2.05) is 54.6 Å². The van der Waals surface area contributed by atoms with Crippen molar-refractivity contribution in [1.82, 2.24) is 0 Å². The highest BCUT2D eigenvalue weighted by Crippen LogP contribution is 2.20. The molecule has 0 aliphatic heterocycles. The highest BCUT2D eigenvalue weighted by Gasteiger charge is 2.02. The molecule has 3 aromatic carbocycles. The zero-order chi connectivity index (χ0) is 16.1. The molecule has 0 fully saturated rings. The number of carbonyl (C=O) groups is 1. The quantitative estimate of drug-likeness (QED) is 0.384. The van der Waals surface area contributed by atoms with Crippen molar-refractivity contribution in [1.29, 1.82) is 0 Å². The van der Waals surface area contributed by atoms with E-state index in [0.717, 1.165) is 22.8 Å². The molecule has 0 heterocycles. The Balaban J connectivity index is 1.74. The molecule has 0 amide bonds. The van der Waals surface area contributed by atoms with Crippen molar-refractivity contribution in [3.63, 3.8) is 0 Å². The Morgan fingerprint density at radius 2 is 1.70 bits per heavy atom. The maximum atomic E-state index is 12.0. The van der Waals surface area contributed by atoms with E-state index in [0.29, 0.717) is 5.75 Å². The lowest BCUT2D eigenvalue weighted by atomic mass is 10.0. The van der Waals surface area contributed by atoms with E-state index >= 15 is 0 Å². The molecule has 0 bridgehead atoms. The van der Waals surface area contributed by atoms with Crippen LogP contribution >= 0.6 is 0 Å². The number of benzene rings is 3. The standard InChI is InChI=1S/C21H18O2/c1-2-16-10-13-19(14-11-16)23-21(22)15-12-18-8-5-7-17-6-3-4-9-20(17)18/h3-15H,2H2,1H3/b15-12+. The summed E-state index contributed by atoms with van der Waals surface area (Å²) in [7, 11) is 0. The molecule has 0 spiro atoms. The minimum Gasteiger partial charge on any atom is -0.423 e. The van der Waals surface area contributed by atoms with Gasteiger partial charge in [0.05, 0.1) is 0 Å². The summed E-state index contributed by atoms with van der Waals surface area (Å²) in [5.41, 5.74) is 2.22. The molecule has 2 heteroatoms. The first-order valence-electron chi connectivity index (χ1n) is 7.73. The Morgan fingerprint density at radius 1 is 0.957 bits per heavy atom. The van der Waals surface area contributed by atoms with Crippen LogP contribution < -0.4 is 4.74 Å². The van der Waals surface area contributed by atoms with Gasteiger partial charge in [-0.15, -0.1) is 0 Å². The van der Waals surface area contributed by atoms with E-state index in [-0.39, 0.29) is 5.97 Å². The summed E-state index contributed by atoms with van der Waals surface area (Å²) in [6.07, 6.45) is 4.23. The number of hydrogen-bond donors (Lipinski definition) is 0. The fraction of sp³-hybridized carbons (Fsp3) is 0.0952. The van der Waals surface area contributed by atoms with Gasteiger partial charge in [0.25, 0.3) is 0 Å². The van der Waals surface area contributed by atoms with Crippen LogP contribution in [0, 0.1) is 0 Å². The van der Waals surface area contributed by atoms with Gasteiger partial charge in [0.2, 0.25) is 0 Å². The number of carbonyl (C=O) groups excluding carboxylic acids is 1. The summed E-state index contributed by atoms with van der Waals surface area (Å²) in [6, 6.07) is 21.7. The van der Waals surface area contributed by atoms with Crippen LogP contribution in [-0.4, -0.2) is 5.97 Å². The summed E-state index contributed by atoms with van der Waals surface area (Å²) in [6.45, 7) is 2.09. The Hall–Kier alpha value is -2.87. The summed E-state index contributed by atoms with van der Waals surface area (Å²) >= 11 is 0. The molecular weight excluding hydrogens is 284 g/mol. The van der Waals surface area contributed by atoms with Gasteiger partial charge in [-0.1, -0.05) is 61.5 Å². The largest absolute Gasteiger partial charge is 0.423 e. The number of fused-ring (bicyclic) bond motifs is 1. The average Bonchev–Trinajstić information content (AvgIpc) is 2.60. The van der Waals surface area contributed by atoms with Crippen LogP contribution in [-0.2, 0) is 11.2 Å².